The van der Waals surface area contributed by atoms with Crippen molar-refractivity contribution in [2.45, 2.75) is 13.8 Å². The number of hydrogen-bond donors (Lipinski definition) is 2. The van der Waals surface area contributed by atoms with Crippen LogP contribution < -0.4 is 15.8 Å². The Morgan fingerprint density at radius 1 is 1.00 bits per heavy atom. The smallest absolute Gasteiger partial charge is 0.189 e. The van der Waals surface area contributed by atoms with Crippen molar-refractivity contribution < 1.29 is 0 Å². The van der Waals surface area contributed by atoms with E-state index in [0.29, 0.717) is 5.11 Å². The maximum absolute atomic E-state index is 5.35. The summed E-state index contributed by atoms with van der Waals surface area (Å²) in [6, 6.07) is 16.2. The van der Waals surface area contributed by atoms with Gasteiger partial charge < -0.3 is 5.32 Å². The quantitative estimate of drug-likeness (QED) is 0.665. The third-order valence-electron chi connectivity index (χ3n) is 3.27. The monoisotopic (exact) mass is 285 g/mol. The summed E-state index contributed by atoms with van der Waals surface area (Å²) in [5, 5.41) is 5.69. The van der Waals surface area contributed by atoms with Crippen molar-refractivity contribution in [3.8, 4) is 0 Å². The van der Waals surface area contributed by atoms with E-state index in [2.05, 4.69) is 30.7 Å². The van der Waals surface area contributed by atoms with Gasteiger partial charge in [0.2, 0.25) is 0 Å². The number of nitrogens with one attached hydrogen (secondary N) is 2. The molecule has 0 fully saturated rings. The van der Waals surface area contributed by atoms with Crippen LogP contribution in [-0.4, -0.2) is 12.2 Å². The number of hydrogen-bond acceptors (Lipinski definition) is 2. The van der Waals surface area contributed by atoms with Gasteiger partial charge in [-0.1, -0.05) is 30.3 Å². The van der Waals surface area contributed by atoms with Gasteiger partial charge in [0.15, 0.2) is 5.11 Å². The first-order chi connectivity index (χ1) is 9.58. The first kappa shape index (κ1) is 14.3. The zero-order valence-corrected chi connectivity index (χ0v) is 12.8. The second-order valence-corrected chi connectivity index (χ2v) is 5.12. The SMILES string of the molecule is Cc1cccc(NC(=S)NN(C)c2ccccc2)c1C. The van der Waals surface area contributed by atoms with E-state index in [1.165, 1.54) is 11.1 Å². The van der Waals surface area contributed by atoms with Gasteiger partial charge in [-0.15, -0.1) is 0 Å². The normalized spacial score (nSPS) is 9.95. The summed E-state index contributed by atoms with van der Waals surface area (Å²) in [5.74, 6) is 0. The highest BCUT2D eigenvalue weighted by Crippen LogP contribution is 2.18. The third kappa shape index (κ3) is 3.48. The molecular formula is C16H19N3S. The minimum absolute atomic E-state index is 0.574. The predicted octanol–water partition coefficient (Wildman–Crippen LogP) is 3.64. The predicted molar refractivity (Wildman–Crippen MR) is 90.1 cm³/mol. The number of rotatable bonds is 3. The fraction of sp³-hybridized carbons (Fsp3) is 0.188. The van der Waals surface area contributed by atoms with E-state index in [-0.39, 0.29) is 0 Å². The lowest BCUT2D eigenvalue weighted by Crippen LogP contribution is -2.41. The molecule has 0 aliphatic carbocycles. The molecule has 0 aliphatic heterocycles. The van der Waals surface area contributed by atoms with Crippen LogP contribution in [0.5, 0.6) is 0 Å². The summed E-state index contributed by atoms with van der Waals surface area (Å²) in [6.45, 7) is 4.17. The second-order valence-electron chi connectivity index (χ2n) is 4.71. The molecule has 0 radical (unpaired) electrons. The highest BCUT2D eigenvalue weighted by Gasteiger charge is 2.05. The van der Waals surface area contributed by atoms with Crippen molar-refractivity contribution in [3.63, 3.8) is 0 Å². The second kappa shape index (κ2) is 6.39. The molecule has 0 heterocycles. The fourth-order valence-electron chi connectivity index (χ4n) is 1.91. The summed E-state index contributed by atoms with van der Waals surface area (Å²) in [5.41, 5.74) is 7.68. The Balaban J connectivity index is 2.01. The lowest BCUT2D eigenvalue weighted by atomic mass is 10.1. The summed E-state index contributed by atoms with van der Waals surface area (Å²) in [4.78, 5) is 0. The Morgan fingerprint density at radius 2 is 1.70 bits per heavy atom. The molecule has 0 unspecified atom stereocenters. The van der Waals surface area contributed by atoms with Crippen molar-refractivity contribution in [2.24, 2.45) is 0 Å². The van der Waals surface area contributed by atoms with Crippen LogP contribution in [0.4, 0.5) is 11.4 Å². The molecule has 2 N–H and O–H groups in total. The van der Waals surface area contributed by atoms with Crippen LogP contribution in [0.2, 0.25) is 0 Å². The average Bonchev–Trinajstić information content (AvgIpc) is 2.45. The molecule has 2 aromatic carbocycles. The molecule has 2 aromatic rings. The number of aryl methyl sites for hydroxylation is 1. The molecule has 0 saturated carbocycles. The highest BCUT2D eigenvalue weighted by molar-refractivity contribution is 7.80. The summed E-state index contributed by atoms with van der Waals surface area (Å²) in [6.07, 6.45) is 0. The van der Waals surface area contributed by atoms with Crippen LogP contribution in [-0.2, 0) is 0 Å². The van der Waals surface area contributed by atoms with E-state index in [0.717, 1.165) is 11.4 Å². The Kier molecular flexibility index (Phi) is 4.58. The number of thiocarbonyl (C=S) groups is 1. The first-order valence-corrected chi connectivity index (χ1v) is 6.91. The van der Waals surface area contributed by atoms with Crippen molar-refractivity contribution in [3.05, 3.63) is 59.7 Å². The van der Waals surface area contributed by atoms with E-state index in [4.69, 9.17) is 12.2 Å². The molecule has 3 nitrogen and oxygen atoms in total. The van der Waals surface area contributed by atoms with Crippen LogP contribution in [0.3, 0.4) is 0 Å². The molecular weight excluding hydrogens is 266 g/mol. The van der Waals surface area contributed by atoms with Crippen LogP contribution >= 0.6 is 12.2 Å². The molecule has 2 rings (SSSR count). The Hall–Kier alpha value is -2.07. The summed E-state index contributed by atoms with van der Waals surface area (Å²) >= 11 is 5.35. The standard InChI is InChI=1S/C16H19N3S/c1-12-8-7-11-15(13(12)2)17-16(20)18-19(3)14-9-5-4-6-10-14/h4-11H,1-3H3,(H2,17,18,20). The average molecular weight is 285 g/mol. The maximum Gasteiger partial charge on any atom is 0.189 e. The zero-order valence-electron chi connectivity index (χ0n) is 12.0. The Labute approximate surface area is 125 Å². The number of nitrogens with zero attached hydrogens (tertiary/aromatic N) is 1. The molecule has 0 aliphatic rings. The molecule has 0 saturated heterocycles. The van der Waals surface area contributed by atoms with Crippen LogP contribution in [0.15, 0.2) is 48.5 Å². The fourth-order valence-corrected chi connectivity index (χ4v) is 2.15. The van der Waals surface area contributed by atoms with Gasteiger partial charge in [-0.3, -0.25) is 10.4 Å². The lowest BCUT2D eigenvalue weighted by Gasteiger charge is -2.23. The van der Waals surface area contributed by atoms with E-state index in [9.17, 15) is 0 Å². The Morgan fingerprint density at radius 3 is 2.40 bits per heavy atom. The molecule has 4 heteroatoms. The molecule has 0 bridgehead atoms. The molecule has 0 aromatic heterocycles. The van der Waals surface area contributed by atoms with Gasteiger partial charge >= 0.3 is 0 Å². The molecule has 0 atom stereocenters. The van der Waals surface area contributed by atoms with Crippen LogP contribution in [0, 0.1) is 13.8 Å². The summed E-state index contributed by atoms with van der Waals surface area (Å²) in [7, 11) is 1.94. The number of benzene rings is 2. The minimum atomic E-state index is 0.574. The van der Waals surface area contributed by atoms with E-state index in [1.54, 1.807) is 0 Å². The number of hydrazine groups is 1. The van der Waals surface area contributed by atoms with Gasteiger partial charge in [-0.25, -0.2) is 0 Å². The molecule has 0 spiro atoms. The molecule has 104 valence electrons. The van der Waals surface area contributed by atoms with Gasteiger partial charge in [-0.2, -0.15) is 0 Å². The van der Waals surface area contributed by atoms with Crippen molar-refractivity contribution in [1.82, 2.24) is 5.43 Å². The largest absolute Gasteiger partial charge is 0.331 e. The number of anilines is 2. The molecule has 20 heavy (non-hydrogen) atoms. The minimum Gasteiger partial charge on any atom is -0.331 e. The van der Waals surface area contributed by atoms with E-state index < -0.39 is 0 Å². The zero-order chi connectivity index (χ0) is 14.5. The van der Waals surface area contributed by atoms with Gasteiger partial charge in [0.05, 0.1) is 5.69 Å². The Bertz CT molecular complexity index is 596. The van der Waals surface area contributed by atoms with Gasteiger partial charge in [0, 0.05) is 12.7 Å². The van der Waals surface area contributed by atoms with Gasteiger partial charge in [0.25, 0.3) is 0 Å². The number of para-hydroxylation sites is 1. The highest BCUT2D eigenvalue weighted by atomic mass is 32.1. The van der Waals surface area contributed by atoms with Gasteiger partial charge in [0.1, 0.15) is 0 Å². The first-order valence-electron chi connectivity index (χ1n) is 6.50. The van der Waals surface area contributed by atoms with Gasteiger partial charge in [-0.05, 0) is 55.4 Å². The van der Waals surface area contributed by atoms with Crippen LogP contribution in [0.1, 0.15) is 11.1 Å². The van der Waals surface area contributed by atoms with Crippen molar-refractivity contribution in [2.75, 3.05) is 17.4 Å². The van der Waals surface area contributed by atoms with E-state index >= 15 is 0 Å². The van der Waals surface area contributed by atoms with Crippen molar-refractivity contribution in [1.29, 1.82) is 0 Å². The summed E-state index contributed by atoms with van der Waals surface area (Å²) < 4.78 is 0. The van der Waals surface area contributed by atoms with E-state index in [1.807, 2.05) is 54.5 Å². The topological polar surface area (TPSA) is 27.3 Å². The van der Waals surface area contributed by atoms with Crippen LogP contribution in [0.25, 0.3) is 0 Å². The maximum atomic E-state index is 5.35. The molecule has 0 amide bonds. The van der Waals surface area contributed by atoms with Crippen molar-refractivity contribution >= 4 is 28.7 Å². The third-order valence-corrected chi connectivity index (χ3v) is 3.46. The lowest BCUT2D eigenvalue weighted by molar-refractivity contribution is 0.888.